The topological polar surface area (TPSA) is 188 Å². The van der Waals surface area contributed by atoms with Crippen LogP contribution in [0.15, 0.2) is 0 Å². The molecular formula is C16H28N4O7. The van der Waals surface area contributed by atoms with Crippen molar-refractivity contribution in [3.63, 3.8) is 0 Å². The van der Waals surface area contributed by atoms with Crippen molar-refractivity contribution in [1.82, 2.24) is 16.0 Å². The third-order valence-corrected chi connectivity index (χ3v) is 3.56. The second-order valence-electron chi connectivity index (χ2n) is 6.52. The van der Waals surface area contributed by atoms with Crippen molar-refractivity contribution < 1.29 is 34.2 Å². The van der Waals surface area contributed by atoms with Gasteiger partial charge in [0.15, 0.2) is 0 Å². The smallest absolute Gasteiger partial charge is 0.326 e. The number of rotatable bonds is 12. The summed E-state index contributed by atoms with van der Waals surface area (Å²) in [5.41, 5.74) is 5.23. The van der Waals surface area contributed by atoms with Crippen molar-refractivity contribution in [2.75, 3.05) is 6.54 Å². The highest BCUT2D eigenvalue weighted by Crippen LogP contribution is 2.06. The van der Waals surface area contributed by atoms with E-state index in [-0.39, 0.29) is 18.9 Å². The van der Waals surface area contributed by atoms with Crippen LogP contribution in [-0.4, -0.2) is 64.5 Å². The maximum Gasteiger partial charge on any atom is 0.326 e. The number of carboxylic acid groups (broad SMARTS) is 2. The maximum atomic E-state index is 12.3. The van der Waals surface area contributed by atoms with Gasteiger partial charge in [-0.3, -0.25) is 19.2 Å². The van der Waals surface area contributed by atoms with Gasteiger partial charge in [-0.05, 0) is 25.7 Å². The van der Waals surface area contributed by atoms with E-state index in [1.165, 1.54) is 6.92 Å². The molecule has 0 aliphatic carbocycles. The number of hydrogen-bond donors (Lipinski definition) is 6. The van der Waals surface area contributed by atoms with Gasteiger partial charge in [-0.1, -0.05) is 13.8 Å². The molecule has 7 N–H and O–H groups in total. The molecule has 3 atom stereocenters. The van der Waals surface area contributed by atoms with Crippen molar-refractivity contribution in [2.24, 2.45) is 11.7 Å². The van der Waals surface area contributed by atoms with E-state index >= 15 is 0 Å². The van der Waals surface area contributed by atoms with Crippen molar-refractivity contribution >= 4 is 29.7 Å². The number of carbonyl (C=O) groups is 5. The summed E-state index contributed by atoms with van der Waals surface area (Å²) in [4.78, 5) is 57.6. The highest BCUT2D eigenvalue weighted by atomic mass is 16.4. The summed E-state index contributed by atoms with van der Waals surface area (Å²) in [5, 5.41) is 24.7. The molecule has 0 aromatic heterocycles. The largest absolute Gasteiger partial charge is 0.481 e. The first-order chi connectivity index (χ1) is 12.5. The molecule has 0 aromatic rings. The van der Waals surface area contributed by atoms with Crippen LogP contribution in [-0.2, 0) is 24.0 Å². The molecule has 0 aliphatic heterocycles. The second-order valence-corrected chi connectivity index (χ2v) is 6.52. The van der Waals surface area contributed by atoms with Crippen LogP contribution in [0.3, 0.4) is 0 Å². The molecule has 11 nitrogen and oxygen atoms in total. The van der Waals surface area contributed by atoms with Crippen LogP contribution in [0.25, 0.3) is 0 Å². The molecule has 0 rings (SSSR count). The van der Waals surface area contributed by atoms with E-state index in [9.17, 15) is 24.0 Å². The van der Waals surface area contributed by atoms with Crippen LogP contribution < -0.4 is 21.7 Å². The molecule has 0 saturated carbocycles. The minimum Gasteiger partial charge on any atom is -0.481 e. The quantitative estimate of drug-likeness (QED) is 0.231. The number of nitrogens with one attached hydrogen (secondary N) is 3. The molecule has 0 aliphatic rings. The van der Waals surface area contributed by atoms with Gasteiger partial charge in [0.25, 0.3) is 0 Å². The van der Waals surface area contributed by atoms with Crippen molar-refractivity contribution in [3.8, 4) is 0 Å². The second kappa shape index (κ2) is 11.8. The average Bonchev–Trinajstić information content (AvgIpc) is 2.56. The van der Waals surface area contributed by atoms with Crippen LogP contribution >= 0.6 is 0 Å². The Morgan fingerprint density at radius 2 is 1.48 bits per heavy atom. The fourth-order valence-electron chi connectivity index (χ4n) is 2.16. The maximum absolute atomic E-state index is 12.3. The molecule has 0 fully saturated rings. The zero-order valence-electron chi connectivity index (χ0n) is 15.7. The molecule has 27 heavy (non-hydrogen) atoms. The molecule has 3 unspecified atom stereocenters. The summed E-state index contributed by atoms with van der Waals surface area (Å²) in [5.74, 6) is -4.40. The summed E-state index contributed by atoms with van der Waals surface area (Å²) in [6.45, 7) is 4.76. The van der Waals surface area contributed by atoms with Crippen LogP contribution in [0.2, 0.25) is 0 Å². The van der Waals surface area contributed by atoms with E-state index in [0.29, 0.717) is 6.42 Å². The molecule has 154 valence electrons. The summed E-state index contributed by atoms with van der Waals surface area (Å²) in [6, 6.07) is -3.37. The lowest BCUT2D eigenvalue weighted by Crippen LogP contribution is -2.55. The highest BCUT2D eigenvalue weighted by molar-refractivity contribution is 5.93. The van der Waals surface area contributed by atoms with E-state index in [1.807, 2.05) is 13.8 Å². The molecule has 0 radical (unpaired) electrons. The Hall–Kier alpha value is -2.69. The van der Waals surface area contributed by atoms with Crippen LogP contribution in [0, 0.1) is 5.92 Å². The van der Waals surface area contributed by atoms with Crippen molar-refractivity contribution in [1.29, 1.82) is 0 Å². The summed E-state index contributed by atoms with van der Waals surface area (Å²) in [6.07, 6.45) is -0.401. The lowest BCUT2D eigenvalue weighted by Gasteiger charge is -2.23. The Labute approximate surface area is 157 Å². The molecule has 0 saturated heterocycles. The van der Waals surface area contributed by atoms with E-state index in [2.05, 4.69) is 16.0 Å². The van der Waals surface area contributed by atoms with Crippen molar-refractivity contribution in [3.05, 3.63) is 0 Å². The van der Waals surface area contributed by atoms with E-state index in [1.54, 1.807) is 0 Å². The normalized spacial score (nSPS) is 14.0. The number of carboxylic acids is 2. The van der Waals surface area contributed by atoms with Gasteiger partial charge in [-0.2, -0.15) is 0 Å². The first kappa shape index (κ1) is 24.3. The van der Waals surface area contributed by atoms with Gasteiger partial charge in [0.05, 0.1) is 6.54 Å². The number of carbonyl (C=O) groups excluding carboxylic acids is 3. The first-order valence-corrected chi connectivity index (χ1v) is 8.52. The predicted octanol–water partition coefficient (Wildman–Crippen LogP) is -1.59. The van der Waals surface area contributed by atoms with Gasteiger partial charge >= 0.3 is 11.9 Å². The Morgan fingerprint density at radius 1 is 0.889 bits per heavy atom. The third-order valence-electron chi connectivity index (χ3n) is 3.56. The first-order valence-electron chi connectivity index (χ1n) is 8.52. The van der Waals surface area contributed by atoms with Crippen LogP contribution in [0.5, 0.6) is 0 Å². The van der Waals surface area contributed by atoms with Gasteiger partial charge in [0, 0.05) is 6.42 Å². The fourth-order valence-corrected chi connectivity index (χ4v) is 2.16. The average molecular weight is 388 g/mol. The van der Waals surface area contributed by atoms with E-state index in [0.717, 1.165) is 0 Å². The van der Waals surface area contributed by atoms with E-state index < -0.39 is 54.2 Å². The minimum atomic E-state index is -1.39. The summed E-state index contributed by atoms with van der Waals surface area (Å²) < 4.78 is 0. The van der Waals surface area contributed by atoms with Crippen LogP contribution in [0.4, 0.5) is 0 Å². The van der Waals surface area contributed by atoms with Gasteiger partial charge in [-0.15, -0.1) is 0 Å². The van der Waals surface area contributed by atoms with Crippen molar-refractivity contribution in [2.45, 2.75) is 58.2 Å². The fraction of sp³-hybridized carbons (Fsp3) is 0.688. The number of nitrogens with two attached hydrogens (primary N) is 1. The Balaban J connectivity index is 4.88. The zero-order chi connectivity index (χ0) is 21.1. The standard InChI is InChI=1S/C16H28N4O7/c1-8(2)6-11(19-12(21)7-17)15(25)18-9(3)14(24)20-10(16(26)27)4-5-13(22)23/h8-11H,4-7,17H2,1-3H3,(H,18,25)(H,19,21)(H,20,24)(H,22,23)(H,26,27). The predicted molar refractivity (Wildman–Crippen MR) is 94.5 cm³/mol. The Kier molecular flexibility index (Phi) is 10.7. The Morgan fingerprint density at radius 3 is 1.93 bits per heavy atom. The molecule has 0 aromatic carbocycles. The van der Waals surface area contributed by atoms with Gasteiger partial charge in [0.2, 0.25) is 17.7 Å². The van der Waals surface area contributed by atoms with Gasteiger partial charge < -0.3 is 31.9 Å². The van der Waals surface area contributed by atoms with Crippen LogP contribution in [0.1, 0.15) is 40.0 Å². The number of aliphatic carboxylic acids is 2. The monoisotopic (exact) mass is 388 g/mol. The molecular weight excluding hydrogens is 360 g/mol. The third kappa shape index (κ3) is 10.1. The minimum absolute atomic E-state index is 0.0790. The van der Waals surface area contributed by atoms with Gasteiger partial charge in [0.1, 0.15) is 18.1 Å². The summed E-state index contributed by atoms with van der Waals surface area (Å²) >= 11 is 0. The molecule has 0 spiro atoms. The molecule has 11 heteroatoms. The molecule has 0 heterocycles. The molecule has 0 bridgehead atoms. The lowest BCUT2D eigenvalue weighted by molar-refractivity contribution is -0.143. The van der Waals surface area contributed by atoms with E-state index in [4.69, 9.17) is 15.9 Å². The highest BCUT2D eigenvalue weighted by Gasteiger charge is 2.27. The Bertz CT molecular complexity index is 565. The summed E-state index contributed by atoms with van der Waals surface area (Å²) in [7, 11) is 0. The lowest BCUT2D eigenvalue weighted by atomic mass is 10.0. The zero-order valence-corrected chi connectivity index (χ0v) is 15.7. The number of amides is 3. The molecule has 3 amide bonds. The SMILES string of the molecule is CC(C)CC(NC(=O)CN)C(=O)NC(C)C(=O)NC(CCC(=O)O)C(=O)O. The number of hydrogen-bond acceptors (Lipinski definition) is 6. The van der Waals surface area contributed by atoms with Gasteiger partial charge in [-0.25, -0.2) is 4.79 Å².